The van der Waals surface area contributed by atoms with Gasteiger partial charge in [-0.25, -0.2) is 0 Å². The summed E-state index contributed by atoms with van der Waals surface area (Å²) >= 11 is 7.14. The SMILES string of the molecule is Cc1ccc(N2C[C@@H](C)N(C(=O)c3ccc(Cl)s3)CC2=O)cc1. The Labute approximate surface area is 144 Å². The summed E-state index contributed by atoms with van der Waals surface area (Å²) in [4.78, 5) is 29.0. The Balaban J connectivity index is 1.78. The van der Waals surface area contributed by atoms with Gasteiger partial charge >= 0.3 is 0 Å². The van der Waals surface area contributed by atoms with Crippen molar-refractivity contribution in [3.63, 3.8) is 0 Å². The minimum atomic E-state index is -0.133. The lowest BCUT2D eigenvalue weighted by Gasteiger charge is -2.39. The first-order valence-corrected chi connectivity index (χ1v) is 8.58. The first kappa shape index (κ1) is 16.0. The summed E-state index contributed by atoms with van der Waals surface area (Å²) in [5, 5.41) is 0. The van der Waals surface area contributed by atoms with E-state index in [-0.39, 0.29) is 24.4 Å². The van der Waals surface area contributed by atoms with Crippen LogP contribution in [0.15, 0.2) is 36.4 Å². The number of rotatable bonds is 2. The number of carbonyl (C=O) groups is 2. The molecule has 1 aromatic heterocycles. The zero-order chi connectivity index (χ0) is 16.6. The van der Waals surface area contributed by atoms with Crippen LogP contribution in [0.1, 0.15) is 22.2 Å². The zero-order valence-corrected chi connectivity index (χ0v) is 14.5. The summed E-state index contributed by atoms with van der Waals surface area (Å²) in [7, 11) is 0. The Hall–Kier alpha value is -1.85. The molecule has 1 aliphatic heterocycles. The average molecular weight is 349 g/mol. The fourth-order valence-corrected chi connectivity index (χ4v) is 3.67. The number of benzene rings is 1. The predicted octanol–water partition coefficient (Wildman–Crippen LogP) is 3.59. The molecule has 2 amide bonds. The highest BCUT2D eigenvalue weighted by Gasteiger charge is 2.34. The average Bonchev–Trinajstić information content (AvgIpc) is 2.96. The molecule has 2 heterocycles. The lowest BCUT2D eigenvalue weighted by molar-refractivity contribution is -0.121. The lowest BCUT2D eigenvalue weighted by atomic mass is 10.1. The summed E-state index contributed by atoms with van der Waals surface area (Å²) in [5.74, 6) is -0.200. The van der Waals surface area contributed by atoms with E-state index in [1.807, 2.05) is 38.1 Å². The number of anilines is 1. The molecule has 23 heavy (non-hydrogen) atoms. The van der Waals surface area contributed by atoms with Gasteiger partial charge in [0.2, 0.25) is 5.91 Å². The molecule has 0 N–H and O–H groups in total. The van der Waals surface area contributed by atoms with Gasteiger partial charge in [-0.2, -0.15) is 0 Å². The van der Waals surface area contributed by atoms with Crippen molar-refractivity contribution in [1.29, 1.82) is 0 Å². The van der Waals surface area contributed by atoms with Gasteiger partial charge in [-0.1, -0.05) is 29.3 Å². The molecule has 3 rings (SSSR count). The topological polar surface area (TPSA) is 40.6 Å². The number of halogens is 1. The molecule has 0 spiro atoms. The van der Waals surface area contributed by atoms with Gasteiger partial charge in [0.1, 0.15) is 6.54 Å². The largest absolute Gasteiger partial charge is 0.324 e. The monoisotopic (exact) mass is 348 g/mol. The van der Waals surface area contributed by atoms with E-state index in [1.165, 1.54) is 11.3 Å². The summed E-state index contributed by atoms with van der Waals surface area (Å²) in [6, 6.07) is 11.2. The molecule has 4 nitrogen and oxygen atoms in total. The molecule has 0 bridgehead atoms. The zero-order valence-electron chi connectivity index (χ0n) is 13.0. The van der Waals surface area contributed by atoms with Gasteiger partial charge in [0.05, 0.1) is 9.21 Å². The number of carbonyl (C=O) groups excluding carboxylic acids is 2. The van der Waals surface area contributed by atoms with Crippen molar-refractivity contribution in [2.24, 2.45) is 0 Å². The molecule has 2 aromatic rings. The molecule has 0 radical (unpaired) electrons. The van der Waals surface area contributed by atoms with Gasteiger partial charge in [0.15, 0.2) is 0 Å². The fourth-order valence-electron chi connectivity index (χ4n) is 2.67. The van der Waals surface area contributed by atoms with Gasteiger partial charge in [0.25, 0.3) is 5.91 Å². The maximum atomic E-state index is 12.6. The molecule has 0 aliphatic carbocycles. The molecule has 1 fully saturated rings. The van der Waals surface area contributed by atoms with Crippen molar-refractivity contribution < 1.29 is 9.59 Å². The van der Waals surface area contributed by atoms with Crippen LogP contribution in [0.25, 0.3) is 0 Å². The Morgan fingerprint density at radius 1 is 1.22 bits per heavy atom. The summed E-state index contributed by atoms with van der Waals surface area (Å²) in [5.41, 5.74) is 2.02. The number of thiophene rings is 1. The molecule has 1 saturated heterocycles. The Kier molecular flexibility index (Phi) is 4.41. The van der Waals surface area contributed by atoms with Crippen molar-refractivity contribution in [3.8, 4) is 0 Å². The minimum Gasteiger partial charge on any atom is -0.324 e. The molecule has 1 atom stereocenters. The summed E-state index contributed by atoms with van der Waals surface area (Å²) in [6.45, 7) is 4.55. The second-order valence-electron chi connectivity index (χ2n) is 5.73. The number of amides is 2. The predicted molar refractivity (Wildman–Crippen MR) is 93.4 cm³/mol. The standard InChI is InChI=1S/C17H17ClN2O2S/c1-11-3-5-13(6-4-11)20-9-12(2)19(10-16(20)21)17(22)14-7-8-15(18)23-14/h3-8,12H,9-10H2,1-2H3/t12-/m1/s1. The molecule has 6 heteroatoms. The van der Waals surface area contributed by atoms with E-state index in [0.29, 0.717) is 15.8 Å². The van der Waals surface area contributed by atoms with Crippen molar-refractivity contribution in [3.05, 3.63) is 51.2 Å². The third-order valence-electron chi connectivity index (χ3n) is 3.98. The van der Waals surface area contributed by atoms with E-state index in [4.69, 9.17) is 11.6 Å². The molecule has 1 aromatic carbocycles. The second-order valence-corrected chi connectivity index (χ2v) is 7.44. The quantitative estimate of drug-likeness (QED) is 0.832. The van der Waals surface area contributed by atoms with Crippen LogP contribution in [-0.4, -0.2) is 35.8 Å². The number of piperazine rings is 1. The van der Waals surface area contributed by atoms with E-state index >= 15 is 0 Å². The van der Waals surface area contributed by atoms with Crippen molar-refractivity contribution >= 4 is 40.4 Å². The van der Waals surface area contributed by atoms with Crippen LogP contribution >= 0.6 is 22.9 Å². The second kappa shape index (κ2) is 6.34. The van der Waals surface area contributed by atoms with Crippen molar-refractivity contribution in [2.45, 2.75) is 19.9 Å². The van der Waals surface area contributed by atoms with Crippen LogP contribution in [0, 0.1) is 6.92 Å². The number of hydrogen-bond acceptors (Lipinski definition) is 3. The van der Waals surface area contributed by atoms with E-state index in [9.17, 15) is 9.59 Å². The number of hydrogen-bond donors (Lipinski definition) is 0. The van der Waals surface area contributed by atoms with Crippen LogP contribution in [0.4, 0.5) is 5.69 Å². The molecule has 0 unspecified atom stereocenters. The van der Waals surface area contributed by atoms with E-state index in [1.54, 1.807) is 21.9 Å². The third-order valence-corrected chi connectivity index (χ3v) is 5.20. The lowest BCUT2D eigenvalue weighted by Crippen LogP contribution is -2.57. The molecule has 0 saturated carbocycles. The van der Waals surface area contributed by atoms with Gasteiger partial charge in [-0.05, 0) is 38.1 Å². The van der Waals surface area contributed by atoms with Crippen molar-refractivity contribution in [1.82, 2.24) is 4.90 Å². The number of aryl methyl sites for hydroxylation is 1. The smallest absolute Gasteiger partial charge is 0.264 e. The van der Waals surface area contributed by atoms with Crippen LogP contribution < -0.4 is 4.90 Å². The van der Waals surface area contributed by atoms with Gasteiger partial charge in [0, 0.05) is 18.3 Å². The van der Waals surface area contributed by atoms with Gasteiger partial charge in [-0.15, -0.1) is 11.3 Å². The van der Waals surface area contributed by atoms with Crippen LogP contribution in [-0.2, 0) is 4.79 Å². The van der Waals surface area contributed by atoms with Crippen LogP contribution in [0.5, 0.6) is 0 Å². The highest BCUT2D eigenvalue weighted by atomic mass is 35.5. The Morgan fingerprint density at radius 3 is 2.52 bits per heavy atom. The van der Waals surface area contributed by atoms with E-state index < -0.39 is 0 Å². The minimum absolute atomic E-state index is 0.0534. The van der Waals surface area contributed by atoms with Crippen molar-refractivity contribution in [2.75, 3.05) is 18.0 Å². The maximum Gasteiger partial charge on any atom is 0.264 e. The first-order chi connectivity index (χ1) is 11.0. The Bertz CT molecular complexity index is 741. The molecular formula is C17H17ClN2O2S. The maximum absolute atomic E-state index is 12.6. The van der Waals surface area contributed by atoms with Crippen LogP contribution in [0.3, 0.4) is 0 Å². The Morgan fingerprint density at radius 2 is 1.91 bits per heavy atom. The fraction of sp³-hybridized carbons (Fsp3) is 0.294. The van der Waals surface area contributed by atoms with E-state index in [0.717, 1.165) is 11.3 Å². The number of nitrogens with zero attached hydrogens (tertiary/aromatic N) is 2. The molecular weight excluding hydrogens is 332 g/mol. The van der Waals surface area contributed by atoms with E-state index in [2.05, 4.69) is 0 Å². The first-order valence-electron chi connectivity index (χ1n) is 7.39. The highest BCUT2D eigenvalue weighted by Crippen LogP contribution is 2.26. The summed E-state index contributed by atoms with van der Waals surface area (Å²) < 4.78 is 0.575. The highest BCUT2D eigenvalue weighted by molar-refractivity contribution is 7.17. The van der Waals surface area contributed by atoms with Gasteiger partial charge < -0.3 is 9.80 Å². The third kappa shape index (κ3) is 3.26. The molecule has 120 valence electrons. The molecule has 1 aliphatic rings. The van der Waals surface area contributed by atoms with Crippen LogP contribution in [0.2, 0.25) is 4.34 Å². The summed E-state index contributed by atoms with van der Waals surface area (Å²) in [6.07, 6.45) is 0. The van der Waals surface area contributed by atoms with Gasteiger partial charge in [-0.3, -0.25) is 9.59 Å². The normalized spacial score (nSPS) is 18.4.